The van der Waals surface area contributed by atoms with E-state index in [1.54, 1.807) is 6.07 Å². The molecule has 1 heterocycles. The van der Waals surface area contributed by atoms with Gasteiger partial charge in [0.2, 0.25) is 0 Å². The fourth-order valence-corrected chi connectivity index (χ4v) is 0.972. The van der Waals surface area contributed by atoms with Crippen molar-refractivity contribution in [2.75, 3.05) is 0 Å². The van der Waals surface area contributed by atoms with E-state index in [9.17, 15) is 4.79 Å². The minimum Gasteiger partial charge on any atom is -0.289 e. The fourth-order valence-electron chi connectivity index (χ4n) is 0.972. The lowest BCUT2D eigenvalue weighted by atomic mass is 10.3. The van der Waals surface area contributed by atoms with E-state index in [1.165, 1.54) is 0 Å². The van der Waals surface area contributed by atoms with Crippen molar-refractivity contribution in [3.63, 3.8) is 0 Å². The number of carbonyl (C=O) groups excluding carboxylic acids is 1. The molecule has 1 rings (SSSR count). The van der Waals surface area contributed by atoms with E-state index in [0.717, 1.165) is 5.69 Å². The smallest absolute Gasteiger partial charge is 0.193 e. The SMILES string of the molecule is Cc1cccccccc(C#CC=O)n1. The van der Waals surface area contributed by atoms with Crippen molar-refractivity contribution in [1.29, 1.82) is 0 Å². The Morgan fingerprint density at radius 3 is 2.53 bits per heavy atom. The predicted molar refractivity (Wildman–Crippen MR) is 59.5 cm³/mol. The third kappa shape index (κ3) is 4.58. The molecule has 0 spiro atoms. The van der Waals surface area contributed by atoms with Crippen molar-refractivity contribution in [3.05, 3.63) is 53.9 Å². The van der Waals surface area contributed by atoms with E-state index in [1.807, 2.05) is 43.3 Å². The number of aryl methyl sites for hydroxylation is 1. The molecular weight excluding hydrogens is 186 g/mol. The lowest BCUT2D eigenvalue weighted by Gasteiger charge is -1.86. The van der Waals surface area contributed by atoms with Crippen molar-refractivity contribution >= 4 is 6.29 Å². The van der Waals surface area contributed by atoms with Crippen LogP contribution >= 0.6 is 0 Å². The minimum absolute atomic E-state index is 0.560. The number of rotatable bonds is 0. The van der Waals surface area contributed by atoms with Gasteiger partial charge in [0.25, 0.3) is 0 Å². The third-order valence-electron chi connectivity index (χ3n) is 1.59. The second-order valence-electron chi connectivity index (χ2n) is 2.82. The van der Waals surface area contributed by atoms with Gasteiger partial charge in [0.15, 0.2) is 6.29 Å². The van der Waals surface area contributed by atoms with Gasteiger partial charge in [0, 0.05) is 5.69 Å². The summed E-state index contributed by atoms with van der Waals surface area (Å²) >= 11 is 0. The van der Waals surface area contributed by atoms with Crippen molar-refractivity contribution in [2.45, 2.75) is 6.92 Å². The maximum atomic E-state index is 10.1. The summed E-state index contributed by atoms with van der Waals surface area (Å²) in [6.45, 7) is 1.88. The first-order valence-electron chi connectivity index (χ1n) is 4.55. The highest BCUT2D eigenvalue weighted by molar-refractivity contribution is 5.73. The van der Waals surface area contributed by atoms with E-state index < -0.39 is 0 Å². The third-order valence-corrected chi connectivity index (χ3v) is 1.59. The molecule has 1 aromatic rings. The number of aromatic nitrogens is 1. The van der Waals surface area contributed by atoms with Gasteiger partial charge in [0.05, 0.1) is 0 Å². The van der Waals surface area contributed by atoms with E-state index in [2.05, 4.69) is 16.8 Å². The molecule has 0 aromatic carbocycles. The van der Waals surface area contributed by atoms with E-state index in [4.69, 9.17) is 0 Å². The molecule has 0 radical (unpaired) electrons. The molecule has 1 aromatic heterocycles. The molecule has 0 unspecified atom stereocenters. The molecule has 0 N–H and O–H groups in total. The largest absolute Gasteiger partial charge is 0.289 e. The van der Waals surface area contributed by atoms with E-state index in [0.29, 0.717) is 12.0 Å². The van der Waals surface area contributed by atoms with Crippen LogP contribution in [0.5, 0.6) is 0 Å². The molecule has 0 fully saturated rings. The normalized spacial score (nSPS) is 8.07. The molecule has 0 aliphatic carbocycles. The minimum atomic E-state index is 0.560. The second-order valence-corrected chi connectivity index (χ2v) is 2.82. The highest BCUT2D eigenvalue weighted by atomic mass is 16.1. The van der Waals surface area contributed by atoms with E-state index in [-0.39, 0.29) is 0 Å². The van der Waals surface area contributed by atoms with Gasteiger partial charge in [-0.05, 0) is 30.9 Å². The fraction of sp³-hybridized carbons (Fsp3) is 0.0769. The Kier molecular flexibility index (Phi) is 4.62. The van der Waals surface area contributed by atoms with E-state index >= 15 is 0 Å². The predicted octanol–water partition coefficient (Wildman–Crippen LogP) is 2.06. The summed E-state index contributed by atoms with van der Waals surface area (Å²) in [4.78, 5) is 14.4. The van der Waals surface area contributed by atoms with Crippen LogP contribution in [0.15, 0.2) is 42.5 Å². The average Bonchev–Trinajstić information content (AvgIpc) is 2.24. The van der Waals surface area contributed by atoms with Gasteiger partial charge in [-0.15, -0.1) is 0 Å². The van der Waals surface area contributed by atoms with Crippen molar-refractivity contribution in [1.82, 2.24) is 4.98 Å². The van der Waals surface area contributed by atoms with Crippen LogP contribution in [0.25, 0.3) is 0 Å². The summed E-state index contributed by atoms with van der Waals surface area (Å²) in [5.41, 5.74) is 1.43. The number of carbonyl (C=O) groups is 1. The average molecular weight is 197 g/mol. The quantitative estimate of drug-likeness (QED) is 0.470. The Morgan fingerprint density at radius 1 is 1.13 bits per heavy atom. The van der Waals surface area contributed by atoms with Crippen LogP contribution in [0.4, 0.5) is 0 Å². The number of aldehydes is 1. The Hall–Kier alpha value is -2.14. The molecule has 15 heavy (non-hydrogen) atoms. The lowest BCUT2D eigenvalue weighted by molar-refractivity contribution is -0.103. The summed E-state index contributed by atoms with van der Waals surface area (Å²) < 4.78 is 0. The van der Waals surface area contributed by atoms with Gasteiger partial charge in [-0.1, -0.05) is 30.3 Å². The van der Waals surface area contributed by atoms with Crippen LogP contribution in [0.3, 0.4) is 0 Å². The van der Waals surface area contributed by atoms with Gasteiger partial charge in [-0.25, -0.2) is 4.98 Å². The molecule has 74 valence electrons. The molecule has 0 saturated carbocycles. The molecule has 0 amide bonds. The lowest BCUT2D eigenvalue weighted by Crippen LogP contribution is -1.81. The van der Waals surface area contributed by atoms with Gasteiger partial charge in [-0.3, -0.25) is 4.79 Å². The molecule has 0 atom stereocenters. The summed E-state index contributed by atoms with van der Waals surface area (Å²) in [5, 5.41) is 0. The first kappa shape index (κ1) is 10.9. The van der Waals surface area contributed by atoms with Gasteiger partial charge < -0.3 is 0 Å². The molecular formula is C13H11NO. The first-order chi connectivity index (χ1) is 7.33. The molecule has 0 aliphatic rings. The Bertz CT molecular complexity index is 454. The maximum absolute atomic E-state index is 10.1. The summed E-state index contributed by atoms with van der Waals surface area (Å²) in [6.07, 6.45) is 0.560. The van der Waals surface area contributed by atoms with Gasteiger partial charge in [-0.2, -0.15) is 0 Å². The topological polar surface area (TPSA) is 30.0 Å². The first-order valence-corrected chi connectivity index (χ1v) is 4.55. The number of hydrogen-bond acceptors (Lipinski definition) is 2. The van der Waals surface area contributed by atoms with Crippen LogP contribution in [0, 0.1) is 18.8 Å². The van der Waals surface area contributed by atoms with Crippen LogP contribution in [-0.4, -0.2) is 11.3 Å². The monoisotopic (exact) mass is 197 g/mol. The number of hydrogen-bond donors (Lipinski definition) is 0. The summed E-state index contributed by atoms with van der Waals surface area (Å²) in [6, 6.07) is 13.1. The van der Waals surface area contributed by atoms with Gasteiger partial charge in [0.1, 0.15) is 5.69 Å². The summed E-state index contributed by atoms with van der Waals surface area (Å²) in [5.74, 6) is 5.00. The van der Waals surface area contributed by atoms with Crippen LogP contribution in [-0.2, 0) is 4.79 Å². The van der Waals surface area contributed by atoms with Crippen molar-refractivity contribution in [3.8, 4) is 11.8 Å². The molecule has 0 saturated heterocycles. The summed E-state index contributed by atoms with van der Waals surface area (Å²) in [7, 11) is 0. The molecule has 0 bridgehead atoms. The zero-order valence-corrected chi connectivity index (χ0v) is 8.47. The van der Waals surface area contributed by atoms with Crippen molar-refractivity contribution in [2.24, 2.45) is 0 Å². The van der Waals surface area contributed by atoms with Crippen molar-refractivity contribution < 1.29 is 4.79 Å². The maximum Gasteiger partial charge on any atom is 0.193 e. The van der Waals surface area contributed by atoms with Gasteiger partial charge >= 0.3 is 0 Å². The second kappa shape index (κ2) is 6.33. The van der Waals surface area contributed by atoms with Crippen LogP contribution in [0.1, 0.15) is 11.4 Å². The zero-order valence-electron chi connectivity index (χ0n) is 8.47. The zero-order chi connectivity index (χ0) is 10.9. The standard InChI is InChI=1S/C13H11NO/c1-12-8-5-3-2-4-6-9-13(14-12)10-7-11-15/h2-6,8-9,11H,1H3. The van der Waals surface area contributed by atoms with Crippen LogP contribution in [0.2, 0.25) is 0 Å². The number of nitrogens with zero attached hydrogens (tertiary/aromatic N) is 1. The Morgan fingerprint density at radius 2 is 1.80 bits per heavy atom. The molecule has 0 aliphatic heterocycles. The highest BCUT2D eigenvalue weighted by Gasteiger charge is 1.83. The molecule has 2 nitrogen and oxygen atoms in total. The Balaban J connectivity index is 3.28. The highest BCUT2D eigenvalue weighted by Crippen LogP contribution is 1.91. The molecule has 2 heteroatoms. The Labute approximate surface area is 89.3 Å². The van der Waals surface area contributed by atoms with Crippen LogP contribution < -0.4 is 0 Å².